The van der Waals surface area contributed by atoms with Gasteiger partial charge in [0.25, 0.3) is 0 Å². The van der Waals surface area contributed by atoms with Crippen molar-refractivity contribution in [2.75, 3.05) is 0 Å². The topological polar surface area (TPSA) is 101 Å². The van der Waals surface area contributed by atoms with Crippen LogP contribution in [0, 0.1) is 0 Å². The van der Waals surface area contributed by atoms with Gasteiger partial charge in [-0.2, -0.15) is 23.1 Å². The lowest BCUT2D eigenvalue weighted by molar-refractivity contribution is -0.0450. The third-order valence-electron chi connectivity index (χ3n) is 1.39. The van der Waals surface area contributed by atoms with Crippen molar-refractivity contribution in [2.45, 2.75) is 18.5 Å². The Bertz CT molecular complexity index is 412. The summed E-state index contributed by atoms with van der Waals surface area (Å²) in [5.74, 6) is -0.178. The molecule has 0 amide bonds. The molecule has 0 aliphatic carbocycles. The zero-order valence-corrected chi connectivity index (χ0v) is 8.09. The average Bonchev–Trinajstić information content (AvgIpc) is 2.51. The third-order valence-corrected chi connectivity index (χ3v) is 2.66. The average molecular weight is 245 g/mol. The van der Waals surface area contributed by atoms with Crippen molar-refractivity contribution in [1.29, 1.82) is 0 Å². The zero-order valence-electron chi connectivity index (χ0n) is 7.28. The molecule has 1 unspecified atom stereocenters. The van der Waals surface area contributed by atoms with Crippen LogP contribution in [0.15, 0.2) is 0 Å². The Kier molecular flexibility index (Phi) is 2.95. The molecule has 1 atom stereocenters. The lowest BCUT2D eigenvalue weighted by atomic mass is 10.4. The molecule has 0 bridgehead atoms. The Balaban J connectivity index is 2.80. The van der Waals surface area contributed by atoms with Gasteiger partial charge in [-0.3, -0.25) is 0 Å². The van der Waals surface area contributed by atoms with Gasteiger partial charge in [0.1, 0.15) is 0 Å². The van der Waals surface area contributed by atoms with Gasteiger partial charge in [0.2, 0.25) is 0 Å². The van der Waals surface area contributed by atoms with Crippen LogP contribution in [0.2, 0.25) is 0 Å². The van der Waals surface area contributed by atoms with Crippen molar-refractivity contribution in [3.63, 3.8) is 0 Å². The van der Waals surface area contributed by atoms with Crippen LogP contribution < -0.4 is 4.72 Å². The Hall–Kier alpha value is -1.23. The first-order valence-corrected chi connectivity index (χ1v) is 5.04. The van der Waals surface area contributed by atoms with Crippen molar-refractivity contribution < 1.29 is 21.6 Å². The molecule has 0 radical (unpaired) electrons. The molecule has 0 aromatic carbocycles. The molecule has 1 aromatic rings. The van der Waals surface area contributed by atoms with E-state index in [-0.39, 0.29) is 5.82 Å². The van der Waals surface area contributed by atoms with E-state index in [1.807, 2.05) is 5.21 Å². The molecule has 0 aliphatic heterocycles. The van der Waals surface area contributed by atoms with Crippen molar-refractivity contribution in [2.24, 2.45) is 0 Å². The van der Waals surface area contributed by atoms with E-state index in [1.54, 1.807) is 0 Å². The van der Waals surface area contributed by atoms with Gasteiger partial charge in [-0.1, -0.05) is 5.21 Å². The highest BCUT2D eigenvalue weighted by Crippen LogP contribution is 2.23. The summed E-state index contributed by atoms with van der Waals surface area (Å²) in [6.45, 7) is 1.16. The molecule has 2 N–H and O–H groups in total. The normalized spacial score (nSPS) is 15.2. The van der Waals surface area contributed by atoms with Gasteiger partial charge in [-0.15, -0.1) is 10.2 Å². The summed E-state index contributed by atoms with van der Waals surface area (Å²) in [6, 6.07) is -1.21. The van der Waals surface area contributed by atoms with Gasteiger partial charge in [-0.05, 0) is 6.92 Å². The second-order valence-corrected chi connectivity index (χ2v) is 4.26. The third kappa shape index (κ3) is 2.62. The molecule has 11 heteroatoms. The first-order chi connectivity index (χ1) is 6.74. The van der Waals surface area contributed by atoms with Crippen LogP contribution in [-0.4, -0.2) is 34.6 Å². The van der Waals surface area contributed by atoms with Gasteiger partial charge >= 0.3 is 15.5 Å². The Morgan fingerprint density at radius 3 is 2.47 bits per heavy atom. The van der Waals surface area contributed by atoms with Gasteiger partial charge in [0.15, 0.2) is 5.82 Å². The van der Waals surface area contributed by atoms with Crippen LogP contribution in [0.4, 0.5) is 13.2 Å². The van der Waals surface area contributed by atoms with E-state index in [0.717, 1.165) is 6.92 Å². The number of alkyl halides is 3. The molecule has 0 spiro atoms. The maximum atomic E-state index is 11.9. The summed E-state index contributed by atoms with van der Waals surface area (Å²) in [5.41, 5.74) is -5.36. The smallest absolute Gasteiger partial charge is 0.203 e. The summed E-state index contributed by atoms with van der Waals surface area (Å²) < 4.78 is 58.4. The molecule has 86 valence electrons. The summed E-state index contributed by atoms with van der Waals surface area (Å²) in [5, 5.41) is 11.8. The van der Waals surface area contributed by atoms with Gasteiger partial charge in [0, 0.05) is 0 Å². The summed E-state index contributed by atoms with van der Waals surface area (Å²) >= 11 is 0. The van der Waals surface area contributed by atoms with Crippen LogP contribution in [0.5, 0.6) is 0 Å². The lowest BCUT2D eigenvalue weighted by Gasteiger charge is -2.12. The monoisotopic (exact) mass is 245 g/mol. The number of aromatic nitrogens is 4. The largest absolute Gasteiger partial charge is 0.511 e. The second kappa shape index (κ2) is 3.73. The van der Waals surface area contributed by atoms with Crippen molar-refractivity contribution in [1.82, 2.24) is 25.3 Å². The van der Waals surface area contributed by atoms with E-state index in [1.165, 1.54) is 4.72 Å². The molecule has 0 saturated heterocycles. The molecule has 0 fully saturated rings. The lowest BCUT2D eigenvalue weighted by Crippen LogP contribution is -2.38. The van der Waals surface area contributed by atoms with Crippen LogP contribution in [0.3, 0.4) is 0 Å². The molecule has 1 aromatic heterocycles. The molecular weight excluding hydrogens is 239 g/mol. The Morgan fingerprint density at radius 1 is 1.47 bits per heavy atom. The first-order valence-electron chi connectivity index (χ1n) is 3.56. The van der Waals surface area contributed by atoms with Crippen LogP contribution in [0.1, 0.15) is 18.8 Å². The SMILES string of the molecule is CC(NS(=O)(=O)C(F)(F)F)c1nn[nH]n1. The number of aromatic amines is 1. The fraction of sp³-hybridized carbons (Fsp3) is 0.750. The highest BCUT2D eigenvalue weighted by atomic mass is 32.2. The molecule has 1 heterocycles. The van der Waals surface area contributed by atoms with Crippen LogP contribution in [-0.2, 0) is 10.0 Å². The predicted octanol–water partition coefficient (Wildman–Crippen LogP) is -0.300. The Morgan fingerprint density at radius 2 is 2.07 bits per heavy atom. The highest BCUT2D eigenvalue weighted by molar-refractivity contribution is 7.90. The second-order valence-electron chi connectivity index (χ2n) is 2.56. The number of sulfonamides is 1. The minimum atomic E-state index is -5.39. The number of hydrogen-bond donors (Lipinski definition) is 2. The predicted molar refractivity (Wildman–Crippen MR) is 40.7 cm³/mol. The summed E-state index contributed by atoms with van der Waals surface area (Å²) in [4.78, 5) is 0. The molecule has 1 rings (SSSR count). The minimum absolute atomic E-state index is 0.178. The molecule has 7 nitrogen and oxygen atoms in total. The number of nitrogens with zero attached hydrogens (tertiary/aromatic N) is 3. The number of nitrogens with one attached hydrogen (secondary N) is 2. The minimum Gasteiger partial charge on any atom is -0.203 e. The van der Waals surface area contributed by atoms with Gasteiger partial charge in [-0.25, -0.2) is 8.42 Å². The number of H-pyrrole nitrogens is 1. The molecular formula is C4H6F3N5O2S. The van der Waals surface area contributed by atoms with Crippen LogP contribution >= 0.6 is 0 Å². The number of tetrazole rings is 1. The van der Waals surface area contributed by atoms with E-state index in [0.29, 0.717) is 0 Å². The van der Waals surface area contributed by atoms with E-state index in [4.69, 9.17) is 0 Å². The maximum absolute atomic E-state index is 11.9. The van der Waals surface area contributed by atoms with E-state index in [2.05, 4.69) is 15.4 Å². The quantitative estimate of drug-likeness (QED) is 0.761. The number of rotatable bonds is 3. The highest BCUT2D eigenvalue weighted by Gasteiger charge is 2.46. The number of halogens is 3. The van der Waals surface area contributed by atoms with Gasteiger partial charge < -0.3 is 0 Å². The van der Waals surface area contributed by atoms with E-state index >= 15 is 0 Å². The van der Waals surface area contributed by atoms with Gasteiger partial charge in [0.05, 0.1) is 6.04 Å². The van der Waals surface area contributed by atoms with Crippen LogP contribution in [0.25, 0.3) is 0 Å². The summed E-state index contributed by atoms with van der Waals surface area (Å²) in [7, 11) is -5.39. The molecule has 0 saturated carbocycles. The molecule has 15 heavy (non-hydrogen) atoms. The molecule has 0 aliphatic rings. The zero-order chi connectivity index (χ0) is 11.7. The number of hydrogen-bond acceptors (Lipinski definition) is 5. The van der Waals surface area contributed by atoms with E-state index < -0.39 is 21.6 Å². The fourth-order valence-electron chi connectivity index (χ4n) is 0.705. The van der Waals surface area contributed by atoms with Crippen molar-refractivity contribution in [3.05, 3.63) is 5.82 Å². The maximum Gasteiger partial charge on any atom is 0.511 e. The standard InChI is InChI=1S/C4H6F3N5O2S/c1-2(3-8-11-12-9-3)10-15(13,14)4(5,6)7/h2,10H,1H3,(H,8,9,11,12). The first kappa shape index (κ1) is 11.8. The van der Waals surface area contributed by atoms with E-state index in [9.17, 15) is 21.6 Å². The van der Waals surface area contributed by atoms with Crippen molar-refractivity contribution in [3.8, 4) is 0 Å². The fourth-order valence-corrected chi connectivity index (χ4v) is 1.41. The Labute approximate surface area is 82.1 Å². The van der Waals surface area contributed by atoms with Crippen molar-refractivity contribution >= 4 is 10.0 Å². The summed E-state index contributed by atoms with van der Waals surface area (Å²) in [6.07, 6.45) is 0.